The molecule has 3 heterocycles. The average molecular weight is 403 g/mol. The minimum atomic E-state index is -4.58. The Bertz CT molecular complexity index is 1020. The second-order valence-electron chi connectivity index (χ2n) is 5.57. The van der Waals surface area contributed by atoms with Gasteiger partial charge in [0.2, 0.25) is 5.09 Å². The summed E-state index contributed by atoms with van der Waals surface area (Å²) in [7, 11) is -3.95. The molecule has 12 heteroatoms. The molecule has 0 bridgehead atoms. The van der Waals surface area contributed by atoms with Gasteiger partial charge in [0.05, 0.1) is 0 Å². The molecule has 2 N–H and O–H groups in total. The second-order valence-corrected chi connectivity index (χ2v) is 7.27. The molecule has 3 aromatic heterocycles. The maximum Gasteiger partial charge on any atom is 0.432 e. The fourth-order valence-corrected chi connectivity index (χ4v) is 3.37. The minimum Gasteiger partial charge on any atom is -0.442 e. The lowest BCUT2D eigenvalue weighted by molar-refractivity contribution is -0.141. The van der Waals surface area contributed by atoms with E-state index in [-0.39, 0.29) is 18.0 Å². The van der Waals surface area contributed by atoms with Crippen molar-refractivity contribution in [1.82, 2.24) is 24.5 Å². The highest BCUT2D eigenvalue weighted by Crippen LogP contribution is 2.31. The third-order valence-electron chi connectivity index (χ3n) is 3.74. The van der Waals surface area contributed by atoms with E-state index in [1.165, 1.54) is 6.07 Å². The number of rotatable bonds is 7. The van der Waals surface area contributed by atoms with Crippen LogP contribution < -0.4 is 4.72 Å². The summed E-state index contributed by atoms with van der Waals surface area (Å²) < 4.78 is 71.8. The maximum absolute atomic E-state index is 12.6. The van der Waals surface area contributed by atoms with E-state index < -0.39 is 27.0 Å². The molecule has 3 aromatic rings. The Morgan fingerprint density at radius 1 is 1.33 bits per heavy atom. The molecule has 3 rings (SSSR count). The first-order valence-electron chi connectivity index (χ1n) is 7.93. The Balaban J connectivity index is 1.68. The second kappa shape index (κ2) is 7.19. The monoisotopic (exact) mass is 403 g/mol. The van der Waals surface area contributed by atoms with Gasteiger partial charge < -0.3 is 8.98 Å². The van der Waals surface area contributed by atoms with Gasteiger partial charge in [-0.1, -0.05) is 6.92 Å². The van der Waals surface area contributed by atoms with E-state index in [0.717, 1.165) is 18.0 Å². The minimum absolute atomic E-state index is 0.0926. The number of hydrogen-bond donors (Lipinski definition) is 2. The first kappa shape index (κ1) is 19.2. The number of alkyl halides is 3. The molecule has 27 heavy (non-hydrogen) atoms. The molecule has 0 amide bonds. The van der Waals surface area contributed by atoms with Gasteiger partial charge >= 0.3 is 6.18 Å². The van der Waals surface area contributed by atoms with Crippen molar-refractivity contribution in [2.24, 2.45) is 0 Å². The summed E-state index contributed by atoms with van der Waals surface area (Å²) in [5.41, 5.74) is -1.20. The van der Waals surface area contributed by atoms with Crippen LogP contribution >= 0.6 is 0 Å². The van der Waals surface area contributed by atoms with E-state index in [1.54, 1.807) is 12.4 Å². The van der Waals surface area contributed by atoms with Crippen molar-refractivity contribution in [2.75, 3.05) is 6.54 Å². The quantitative estimate of drug-likeness (QED) is 0.630. The number of aromatic nitrogens is 4. The van der Waals surface area contributed by atoms with Crippen LogP contribution in [0.4, 0.5) is 13.2 Å². The molecular weight excluding hydrogens is 387 g/mol. The van der Waals surface area contributed by atoms with Gasteiger partial charge in [0, 0.05) is 31.9 Å². The number of imidazole rings is 1. The van der Waals surface area contributed by atoms with Crippen molar-refractivity contribution in [3.8, 4) is 11.5 Å². The Morgan fingerprint density at radius 3 is 2.78 bits per heavy atom. The Morgan fingerprint density at radius 2 is 2.11 bits per heavy atom. The van der Waals surface area contributed by atoms with E-state index in [9.17, 15) is 21.6 Å². The number of nitrogens with zero attached hydrogens (tertiary/aromatic N) is 3. The molecule has 0 aliphatic heterocycles. The van der Waals surface area contributed by atoms with Gasteiger partial charge in [0.1, 0.15) is 17.2 Å². The zero-order valence-corrected chi connectivity index (χ0v) is 14.9. The third kappa shape index (κ3) is 4.22. The molecular formula is C15H16F3N5O3S. The Kier molecular flexibility index (Phi) is 5.11. The van der Waals surface area contributed by atoms with Crippen LogP contribution in [-0.2, 0) is 29.2 Å². The van der Waals surface area contributed by atoms with E-state index in [2.05, 4.69) is 14.8 Å². The van der Waals surface area contributed by atoms with Crippen LogP contribution in [0, 0.1) is 0 Å². The summed E-state index contributed by atoms with van der Waals surface area (Å²) in [6, 6.07) is 3.15. The normalized spacial score (nSPS) is 12.6. The average Bonchev–Trinajstić information content (AvgIpc) is 3.33. The van der Waals surface area contributed by atoms with Gasteiger partial charge in [0.25, 0.3) is 10.0 Å². The fourth-order valence-electron chi connectivity index (χ4n) is 2.43. The fraction of sp³-hybridized carbons (Fsp3) is 0.333. The molecule has 0 fully saturated rings. The molecule has 0 unspecified atom stereocenters. The molecule has 0 aromatic carbocycles. The maximum atomic E-state index is 12.6. The highest BCUT2D eigenvalue weighted by Gasteiger charge is 2.33. The van der Waals surface area contributed by atoms with Gasteiger partial charge in [-0.3, -0.25) is 5.10 Å². The van der Waals surface area contributed by atoms with Gasteiger partial charge in [-0.2, -0.15) is 18.3 Å². The summed E-state index contributed by atoms with van der Waals surface area (Å²) in [4.78, 5) is 4.14. The van der Waals surface area contributed by atoms with Crippen molar-refractivity contribution in [1.29, 1.82) is 0 Å². The topological polar surface area (TPSA) is 106 Å². The van der Waals surface area contributed by atoms with Crippen molar-refractivity contribution < 1.29 is 26.0 Å². The van der Waals surface area contributed by atoms with Crippen LogP contribution in [0.25, 0.3) is 11.5 Å². The van der Waals surface area contributed by atoms with Crippen molar-refractivity contribution in [2.45, 2.75) is 31.2 Å². The number of aryl methyl sites for hydroxylation is 1. The summed E-state index contributed by atoms with van der Waals surface area (Å²) >= 11 is 0. The van der Waals surface area contributed by atoms with E-state index in [0.29, 0.717) is 13.0 Å². The lowest BCUT2D eigenvalue weighted by Gasteiger charge is -2.07. The van der Waals surface area contributed by atoms with Crippen LogP contribution in [-0.4, -0.2) is 34.7 Å². The van der Waals surface area contributed by atoms with Crippen LogP contribution in [0.1, 0.15) is 18.4 Å². The number of H-pyrrole nitrogens is 1. The first-order chi connectivity index (χ1) is 12.7. The molecule has 8 nitrogen and oxygen atoms in total. The van der Waals surface area contributed by atoms with E-state index in [1.807, 2.05) is 16.6 Å². The molecule has 0 saturated carbocycles. The van der Waals surface area contributed by atoms with Gasteiger partial charge in [-0.15, -0.1) is 0 Å². The number of halogens is 3. The van der Waals surface area contributed by atoms with Gasteiger partial charge in [0.15, 0.2) is 5.76 Å². The third-order valence-corrected chi connectivity index (χ3v) is 5.08. The molecule has 0 saturated heterocycles. The molecule has 0 aliphatic rings. The van der Waals surface area contributed by atoms with Crippen molar-refractivity contribution in [3.63, 3.8) is 0 Å². The lowest BCUT2D eigenvalue weighted by atomic mass is 10.3. The van der Waals surface area contributed by atoms with E-state index >= 15 is 0 Å². The standard InChI is InChI=1S/C15H16F3N5O3S/c1-2-13-19-5-7-23(13)8-6-20-27(24,25)14-4-3-11(26-14)10-9-12(22-21-10)15(16,17)18/h3-5,7,9,20H,2,6,8H2,1H3,(H,21,22). The predicted molar refractivity (Wildman–Crippen MR) is 88.1 cm³/mol. The van der Waals surface area contributed by atoms with Crippen LogP contribution in [0.3, 0.4) is 0 Å². The highest BCUT2D eigenvalue weighted by atomic mass is 32.2. The van der Waals surface area contributed by atoms with Gasteiger partial charge in [-0.25, -0.2) is 18.1 Å². The SMILES string of the molecule is CCc1nccn1CCNS(=O)(=O)c1ccc(-c2cc(C(F)(F)F)[nH]n2)o1. The predicted octanol–water partition coefficient (Wildman–Crippen LogP) is 2.43. The van der Waals surface area contributed by atoms with Crippen LogP contribution in [0.2, 0.25) is 0 Å². The largest absolute Gasteiger partial charge is 0.442 e. The molecule has 0 spiro atoms. The lowest BCUT2D eigenvalue weighted by Crippen LogP contribution is -2.27. The Hall–Kier alpha value is -2.60. The molecule has 0 radical (unpaired) electrons. The Labute approximate surface area is 152 Å². The summed E-state index contributed by atoms with van der Waals surface area (Å²) in [5.74, 6) is 0.735. The van der Waals surface area contributed by atoms with Crippen LogP contribution in [0.15, 0.2) is 40.1 Å². The molecule has 0 atom stereocenters. The van der Waals surface area contributed by atoms with E-state index in [4.69, 9.17) is 4.42 Å². The van der Waals surface area contributed by atoms with Crippen molar-refractivity contribution in [3.05, 3.63) is 42.1 Å². The van der Waals surface area contributed by atoms with Gasteiger partial charge in [-0.05, 0) is 18.2 Å². The number of aromatic amines is 1. The summed E-state index contributed by atoms with van der Waals surface area (Å²) in [6.07, 6.45) is -0.497. The summed E-state index contributed by atoms with van der Waals surface area (Å²) in [6.45, 7) is 2.42. The molecule has 0 aliphatic carbocycles. The summed E-state index contributed by atoms with van der Waals surface area (Å²) in [5, 5.41) is 4.94. The zero-order valence-electron chi connectivity index (χ0n) is 14.1. The van der Waals surface area contributed by atoms with Crippen LogP contribution in [0.5, 0.6) is 0 Å². The number of furan rings is 1. The zero-order chi connectivity index (χ0) is 19.7. The number of sulfonamides is 1. The smallest absolute Gasteiger partial charge is 0.432 e. The number of hydrogen-bond acceptors (Lipinski definition) is 5. The first-order valence-corrected chi connectivity index (χ1v) is 9.41. The van der Waals surface area contributed by atoms with Crippen molar-refractivity contribution >= 4 is 10.0 Å². The molecule has 146 valence electrons. The highest BCUT2D eigenvalue weighted by molar-refractivity contribution is 7.89. The number of nitrogens with one attached hydrogen (secondary N) is 2.